The summed E-state index contributed by atoms with van der Waals surface area (Å²) in [7, 11) is 0. The molecule has 68 valence electrons. The SMILES string of the molecule is Cc1csc(Cc2cc(C)cs2)c1. The van der Waals surface area contributed by atoms with Gasteiger partial charge in [-0.15, -0.1) is 22.7 Å². The van der Waals surface area contributed by atoms with Crippen LogP contribution in [0.25, 0.3) is 0 Å². The third-order valence-electron chi connectivity index (χ3n) is 1.92. The number of thiophene rings is 2. The van der Waals surface area contributed by atoms with Crippen LogP contribution in [0.3, 0.4) is 0 Å². The Labute approximate surface area is 86.9 Å². The van der Waals surface area contributed by atoms with Crippen molar-refractivity contribution in [2.45, 2.75) is 20.3 Å². The van der Waals surface area contributed by atoms with E-state index in [4.69, 9.17) is 0 Å². The molecule has 2 aromatic heterocycles. The third-order valence-corrected chi connectivity index (χ3v) is 4.03. The molecule has 0 saturated carbocycles. The zero-order valence-corrected chi connectivity index (χ0v) is 9.47. The minimum Gasteiger partial charge on any atom is -0.148 e. The Morgan fingerprint density at radius 3 is 1.69 bits per heavy atom. The lowest BCUT2D eigenvalue weighted by Crippen LogP contribution is -1.77. The highest BCUT2D eigenvalue weighted by Crippen LogP contribution is 2.22. The van der Waals surface area contributed by atoms with Crippen LogP contribution >= 0.6 is 22.7 Å². The van der Waals surface area contributed by atoms with E-state index in [1.807, 2.05) is 22.7 Å². The van der Waals surface area contributed by atoms with Crippen LogP contribution in [0.1, 0.15) is 20.9 Å². The molecular weight excluding hydrogens is 196 g/mol. The van der Waals surface area contributed by atoms with Crippen LogP contribution in [0.4, 0.5) is 0 Å². The van der Waals surface area contributed by atoms with Gasteiger partial charge in [-0.05, 0) is 47.9 Å². The quantitative estimate of drug-likeness (QED) is 0.699. The summed E-state index contributed by atoms with van der Waals surface area (Å²) >= 11 is 3.72. The van der Waals surface area contributed by atoms with Crippen molar-refractivity contribution >= 4 is 22.7 Å². The molecule has 0 amide bonds. The van der Waals surface area contributed by atoms with Crippen molar-refractivity contribution < 1.29 is 0 Å². The number of hydrogen-bond donors (Lipinski definition) is 0. The summed E-state index contributed by atoms with van der Waals surface area (Å²) in [6.07, 6.45) is 1.11. The molecule has 2 rings (SSSR count). The smallest absolute Gasteiger partial charge is 0.0163 e. The molecule has 0 aliphatic heterocycles. The second kappa shape index (κ2) is 3.64. The van der Waals surface area contributed by atoms with Gasteiger partial charge >= 0.3 is 0 Å². The predicted octanol–water partition coefficient (Wildman–Crippen LogP) is 4.02. The van der Waals surface area contributed by atoms with Crippen molar-refractivity contribution in [3.05, 3.63) is 43.8 Å². The van der Waals surface area contributed by atoms with Crippen LogP contribution in [0.5, 0.6) is 0 Å². The monoisotopic (exact) mass is 208 g/mol. The molecule has 0 atom stereocenters. The maximum Gasteiger partial charge on any atom is 0.0163 e. The standard InChI is InChI=1S/C11H12S2/c1-8-3-10(12-6-8)5-11-4-9(2)7-13-11/h3-4,6-7H,5H2,1-2H3. The van der Waals surface area contributed by atoms with E-state index in [1.54, 1.807) is 0 Å². The van der Waals surface area contributed by atoms with Crippen LogP contribution < -0.4 is 0 Å². The highest BCUT2D eigenvalue weighted by molar-refractivity contribution is 7.11. The molecule has 0 radical (unpaired) electrons. The molecule has 13 heavy (non-hydrogen) atoms. The van der Waals surface area contributed by atoms with Crippen LogP contribution in [0.15, 0.2) is 22.9 Å². The highest BCUT2D eigenvalue weighted by atomic mass is 32.1. The van der Waals surface area contributed by atoms with Crippen molar-refractivity contribution in [3.63, 3.8) is 0 Å². The van der Waals surface area contributed by atoms with Gasteiger partial charge in [0.05, 0.1) is 0 Å². The topological polar surface area (TPSA) is 0 Å². The minimum absolute atomic E-state index is 1.11. The summed E-state index contributed by atoms with van der Waals surface area (Å²) in [5.41, 5.74) is 2.77. The number of aryl methyl sites for hydroxylation is 2. The van der Waals surface area contributed by atoms with Gasteiger partial charge in [0.25, 0.3) is 0 Å². The average Bonchev–Trinajstić information content (AvgIpc) is 2.62. The van der Waals surface area contributed by atoms with Gasteiger partial charge in [0.1, 0.15) is 0 Å². The Balaban J connectivity index is 2.14. The van der Waals surface area contributed by atoms with Crippen LogP contribution in [-0.4, -0.2) is 0 Å². The van der Waals surface area contributed by atoms with Crippen molar-refractivity contribution in [2.24, 2.45) is 0 Å². The Bertz CT molecular complexity index is 357. The van der Waals surface area contributed by atoms with Crippen LogP contribution in [0, 0.1) is 13.8 Å². The minimum atomic E-state index is 1.11. The van der Waals surface area contributed by atoms with E-state index in [-0.39, 0.29) is 0 Å². The molecule has 0 aliphatic carbocycles. The second-order valence-corrected chi connectivity index (χ2v) is 5.35. The summed E-state index contributed by atoms with van der Waals surface area (Å²) < 4.78 is 0. The van der Waals surface area contributed by atoms with Crippen molar-refractivity contribution in [1.82, 2.24) is 0 Å². The lowest BCUT2D eigenvalue weighted by molar-refractivity contribution is 1.29. The molecular formula is C11H12S2. The molecule has 0 spiro atoms. The fraction of sp³-hybridized carbons (Fsp3) is 0.273. The maximum absolute atomic E-state index is 2.28. The fourth-order valence-corrected chi connectivity index (χ4v) is 3.23. The first-order valence-electron chi connectivity index (χ1n) is 4.32. The van der Waals surface area contributed by atoms with Gasteiger partial charge in [0, 0.05) is 16.2 Å². The van der Waals surface area contributed by atoms with Gasteiger partial charge in [-0.2, -0.15) is 0 Å². The van der Waals surface area contributed by atoms with E-state index in [0.717, 1.165) is 6.42 Å². The van der Waals surface area contributed by atoms with Gasteiger partial charge in [-0.25, -0.2) is 0 Å². The van der Waals surface area contributed by atoms with Crippen molar-refractivity contribution in [3.8, 4) is 0 Å². The Morgan fingerprint density at radius 2 is 1.38 bits per heavy atom. The van der Waals surface area contributed by atoms with E-state index >= 15 is 0 Å². The molecule has 2 aromatic rings. The normalized spacial score (nSPS) is 10.6. The van der Waals surface area contributed by atoms with E-state index < -0.39 is 0 Å². The Morgan fingerprint density at radius 1 is 0.923 bits per heavy atom. The average molecular weight is 208 g/mol. The highest BCUT2D eigenvalue weighted by Gasteiger charge is 2.00. The first kappa shape index (κ1) is 8.97. The summed E-state index contributed by atoms with van der Waals surface area (Å²) in [4.78, 5) is 2.94. The molecule has 0 bridgehead atoms. The number of rotatable bonds is 2. The second-order valence-electron chi connectivity index (χ2n) is 3.36. The fourth-order valence-electron chi connectivity index (χ4n) is 1.34. The van der Waals surface area contributed by atoms with Gasteiger partial charge < -0.3 is 0 Å². The number of hydrogen-bond acceptors (Lipinski definition) is 2. The summed E-state index contributed by atoms with van der Waals surface area (Å²) in [5.74, 6) is 0. The first-order valence-corrected chi connectivity index (χ1v) is 6.08. The molecule has 0 saturated heterocycles. The lowest BCUT2D eigenvalue weighted by atomic mass is 10.2. The molecule has 0 aliphatic rings. The molecule has 0 N–H and O–H groups in total. The Kier molecular flexibility index (Phi) is 2.51. The zero-order valence-electron chi connectivity index (χ0n) is 7.83. The van der Waals surface area contributed by atoms with Crippen LogP contribution in [-0.2, 0) is 6.42 Å². The van der Waals surface area contributed by atoms with Gasteiger partial charge in [-0.1, -0.05) is 0 Å². The molecule has 2 heteroatoms. The zero-order chi connectivity index (χ0) is 9.26. The van der Waals surface area contributed by atoms with Gasteiger partial charge in [-0.3, -0.25) is 0 Å². The first-order chi connectivity index (χ1) is 6.24. The van der Waals surface area contributed by atoms with E-state index in [1.165, 1.54) is 20.9 Å². The Hall–Kier alpha value is -0.600. The van der Waals surface area contributed by atoms with Crippen molar-refractivity contribution in [2.75, 3.05) is 0 Å². The molecule has 0 nitrogen and oxygen atoms in total. The van der Waals surface area contributed by atoms with Gasteiger partial charge in [0.15, 0.2) is 0 Å². The van der Waals surface area contributed by atoms with E-state index in [0.29, 0.717) is 0 Å². The lowest BCUT2D eigenvalue weighted by Gasteiger charge is -1.91. The summed E-state index contributed by atoms with van der Waals surface area (Å²) in [5, 5.41) is 4.44. The third kappa shape index (κ3) is 2.20. The molecule has 0 fully saturated rings. The maximum atomic E-state index is 2.28. The van der Waals surface area contributed by atoms with E-state index in [2.05, 4.69) is 36.7 Å². The van der Waals surface area contributed by atoms with E-state index in [9.17, 15) is 0 Å². The molecule has 0 unspecified atom stereocenters. The predicted molar refractivity (Wildman–Crippen MR) is 60.9 cm³/mol. The summed E-state index contributed by atoms with van der Waals surface area (Å²) in [6.45, 7) is 4.30. The molecule has 2 heterocycles. The molecule has 0 aromatic carbocycles. The van der Waals surface area contributed by atoms with Crippen molar-refractivity contribution in [1.29, 1.82) is 0 Å². The van der Waals surface area contributed by atoms with Gasteiger partial charge in [0.2, 0.25) is 0 Å². The largest absolute Gasteiger partial charge is 0.148 e. The van der Waals surface area contributed by atoms with Crippen LogP contribution in [0.2, 0.25) is 0 Å². The summed E-state index contributed by atoms with van der Waals surface area (Å²) in [6, 6.07) is 4.56.